The lowest BCUT2D eigenvalue weighted by molar-refractivity contribution is 0.590. The molecule has 3 aromatic carbocycles. The number of anilines is 4. The minimum atomic E-state index is 0.121. The van der Waals surface area contributed by atoms with Crippen LogP contribution in [0.25, 0.3) is 0 Å². The summed E-state index contributed by atoms with van der Waals surface area (Å²) in [5.41, 5.74) is 7.84. The highest BCUT2D eigenvalue weighted by molar-refractivity contribution is 5.89. The molecule has 1 aliphatic heterocycles. The summed E-state index contributed by atoms with van der Waals surface area (Å²) in [6.07, 6.45) is 0.207. The van der Waals surface area contributed by atoms with Crippen molar-refractivity contribution in [2.45, 2.75) is 46.2 Å². The fourth-order valence-corrected chi connectivity index (χ4v) is 4.01. The van der Waals surface area contributed by atoms with Crippen molar-refractivity contribution < 1.29 is 0 Å². The smallest absolute Gasteiger partial charge is 0.108 e. The monoisotopic (exact) mass is 356 g/mol. The molecular formula is C25H28N2. The molecule has 0 aliphatic carbocycles. The fraction of sp³-hybridized carbons (Fsp3) is 0.280. The minimum absolute atomic E-state index is 0.121. The van der Waals surface area contributed by atoms with E-state index in [2.05, 4.69) is 117 Å². The molecule has 0 bridgehead atoms. The van der Waals surface area contributed by atoms with Gasteiger partial charge in [0.2, 0.25) is 0 Å². The van der Waals surface area contributed by atoms with E-state index in [1.54, 1.807) is 0 Å². The second-order valence-corrected chi connectivity index (χ2v) is 8.45. The van der Waals surface area contributed by atoms with Gasteiger partial charge < -0.3 is 9.80 Å². The number of rotatable bonds is 2. The Kier molecular flexibility index (Phi) is 4.22. The Morgan fingerprint density at radius 1 is 0.704 bits per heavy atom. The van der Waals surface area contributed by atoms with Gasteiger partial charge in [0.15, 0.2) is 0 Å². The number of hydrogen-bond donors (Lipinski definition) is 0. The molecule has 0 unspecified atom stereocenters. The summed E-state index contributed by atoms with van der Waals surface area (Å²) in [7, 11) is 0. The molecule has 0 fully saturated rings. The maximum Gasteiger partial charge on any atom is 0.108 e. The molecule has 1 heterocycles. The van der Waals surface area contributed by atoms with Crippen molar-refractivity contribution in [1.29, 1.82) is 0 Å². The van der Waals surface area contributed by atoms with E-state index in [1.807, 2.05) is 0 Å². The van der Waals surface area contributed by atoms with E-state index < -0.39 is 0 Å². The lowest BCUT2D eigenvalue weighted by Gasteiger charge is -2.31. The molecule has 1 atom stereocenters. The van der Waals surface area contributed by atoms with Crippen molar-refractivity contribution in [3.05, 3.63) is 83.9 Å². The highest BCUT2D eigenvalue weighted by Crippen LogP contribution is 2.49. The summed E-state index contributed by atoms with van der Waals surface area (Å²) in [5.74, 6) is 0. The number of benzene rings is 3. The topological polar surface area (TPSA) is 6.48 Å². The Morgan fingerprint density at radius 2 is 1.37 bits per heavy atom. The lowest BCUT2D eigenvalue weighted by Crippen LogP contribution is -2.35. The van der Waals surface area contributed by atoms with E-state index in [0.29, 0.717) is 0 Å². The van der Waals surface area contributed by atoms with E-state index in [-0.39, 0.29) is 11.6 Å². The first-order valence-electron chi connectivity index (χ1n) is 9.71. The van der Waals surface area contributed by atoms with Gasteiger partial charge in [0.25, 0.3) is 0 Å². The maximum atomic E-state index is 2.48. The van der Waals surface area contributed by atoms with Gasteiger partial charge in [-0.15, -0.1) is 0 Å². The molecule has 0 aromatic heterocycles. The number of para-hydroxylation sites is 2. The van der Waals surface area contributed by atoms with Crippen LogP contribution in [0.3, 0.4) is 0 Å². The van der Waals surface area contributed by atoms with Crippen molar-refractivity contribution >= 4 is 22.7 Å². The third-order valence-corrected chi connectivity index (χ3v) is 5.52. The molecule has 0 amide bonds. The summed E-state index contributed by atoms with van der Waals surface area (Å²) < 4.78 is 0. The summed E-state index contributed by atoms with van der Waals surface area (Å²) in [4.78, 5) is 4.92. The molecule has 0 saturated heterocycles. The van der Waals surface area contributed by atoms with Crippen LogP contribution in [0.4, 0.5) is 22.7 Å². The number of fused-ring (bicyclic) bond motifs is 1. The summed E-state index contributed by atoms with van der Waals surface area (Å²) in [6.45, 7) is 11.3. The van der Waals surface area contributed by atoms with Crippen LogP contribution in [0.2, 0.25) is 0 Å². The van der Waals surface area contributed by atoms with Crippen molar-refractivity contribution in [1.82, 2.24) is 0 Å². The maximum absolute atomic E-state index is 2.48. The van der Waals surface area contributed by atoms with E-state index in [4.69, 9.17) is 0 Å². The summed E-state index contributed by atoms with van der Waals surface area (Å²) in [6, 6.07) is 26.3. The van der Waals surface area contributed by atoms with Crippen LogP contribution in [0, 0.1) is 6.92 Å². The van der Waals surface area contributed by atoms with Gasteiger partial charge in [-0.2, -0.15) is 0 Å². The standard InChI is InChI=1S/C25H28N2/c1-18-11-9-10-14-22(18)27-19(2)26(21-12-7-6-8-13-21)23-16-15-20(17-24(23)27)25(3,4)5/h6-17,19H,1-5H3/t19-/m0/s1. The summed E-state index contributed by atoms with van der Waals surface area (Å²) >= 11 is 0. The van der Waals surface area contributed by atoms with Crippen molar-refractivity contribution in [3.63, 3.8) is 0 Å². The van der Waals surface area contributed by atoms with Crippen molar-refractivity contribution in [2.24, 2.45) is 0 Å². The van der Waals surface area contributed by atoms with Crippen LogP contribution >= 0.6 is 0 Å². The first-order chi connectivity index (χ1) is 12.9. The second-order valence-electron chi connectivity index (χ2n) is 8.45. The lowest BCUT2D eigenvalue weighted by atomic mass is 9.86. The molecular weight excluding hydrogens is 328 g/mol. The quantitative estimate of drug-likeness (QED) is 0.491. The molecule has 0 saturated carbocycles. The molecule has 0 N–H and O–H groups in total. The normalized spacial score (nSPS) is 16.6. The first-order valence-corrected chi connectivity index (χ1v) is 9.71. The zero-order chi connectivity index (χ0) is 19.2. The van der Waals surface area contributed by atoms with Gasteiger partial charge in [-0.05, 0) is 60.7 Å². The predicted octanol–water partition coefficient (Wildman–Crippen LogP) is 6.93. The number of aryl methyl sites for hydroxylation is 1. The van der Waals surface area contributed by atoms with Crippen molar-refractivity contribution in [2.75, 3.05) is 9.80 Å². The van der Waals surface area contributed by atoms with Gasteiger partial charge in [0.1, 0.15) is 6.17 Å². The van der Waals surface area contributed by atoms with Crippen LogP contribution in [0.15, 0.2) is 72.8 Å². The predicted molar refractivity (Wildman–Crippen MR) is 117 cm³/mol. The summed E-state index contributed by atoms with van der Waals surface area (Å²) in [5, 5.41) is 0. The molecule has 2 nitrogen and oxygen atoms in total. The third-order valence-electron chi connectivity index (χ3n) is 5.52. The molecule has 27 heavy (non-hydrogen) atoms. The highest BCUT2D eigenvalue weighted by Gasteiger charge is 2.36. The zero-order valence-electron chi connectivity index (χ0n) is 16.9. The third kappa shape index (κ3) is 2.99. The second kappa shape index (κ2) is 6.45. The van der Waals surface area contributed by atoms with Crippen LogP contribution in [-0.2, 0) is 5.41 Å². The van der Waals surface area contributed by atoms with E-state index >= 15 is 0 Å². The first kappa shape index (κ1) is 17.7. The van der Waals surface area contributed by atoms with Gasteiger partial charge in [-0.1, -0.05) is 63.2 Å². The molecule has 4 rings (SSSR count). The van der Waals surface area contributed by atoms with Crippen LogP contribution in [0.1, 0.15) is 38.8 Å². The van der Waals surface area contributed by atoms with Gasteiger partial charge in [-0.25, -0.2) is 0 Å². The van der Waals surface area contributed by atoms with E-state index in [0.717, 1.165) is 0 Å². The van der Waals surface area contributed by atoms with Gasteiger partial charge >= 0.3 is 0 Å². The van der Waals surface area contributed by atoms with Gasteiger partial charge in [-0.3, -0.25) is 0 Å². The molecule has 138 valence electrons. The van der Waals surface area contributed by atoms with E-state index in [9.17, 15) is 0 Å². The number of nitrogens with zero attached hydrogens (tertiary/aromatic N) is 2. The Bertz CT molecular complexity index is 954. The van der Waals surface area contributed by atoms with Crippen LogP contribution in [0.5, 0.6) is 0 Å². The average Bonchev–Trinajstić information content (AvgIpc) is 2.93. The van der Waals surface area contributed by atoms with E-state index in [1.165, 1.54) is 33.9 Å². The Labute approximate surface area is 163 Å². The van der Waals surface area contributed by atoms with Crippen LogP contribution < -0.4 is 9.80 Å². The molecule has 1 aliphatic rings. The minimum Gasteiger partial charge on any atom is -0.319 e. The van der Waals surface area contributed by atoms with Gasteiger partial charge in [0.05, 0.1) is 11.4 Å². The SMILES string of the molecule is Cc1ccccc1N1c2cc(C(C)(C)C)ccc2N(c2ccccc2)[C@@H]1C. The average molecular weight is 357 g/mol. The molecule has 0 radical (unpaired) electrons. The van der Waals surface area contributed by atoms with Crippen molar-refractivity contribution in [3.8, 4) is 0 Å². The Balaban J connectivity index is 1.93. The van der Waals surface area contributed by atoms with Gasteiger partial charge in [0, 0.05) is 11.4 Å². The molecule has 0 spiro atoms. The Morgan fingerprint density at radius 3 is 2.04 bits per heavy atom. The highest BCUT2D eigenvalue weighted by atomic mass is 15.4. The number of hydrogen-bond acceptors (Lipinski definition) is 2. The zero-order valence-corrected chi connectivity index (χ0v) is 16.9. The fourth-order valence-electron chi connectivity index (χ4n) is 4.01. The molecule has 3 aromatic rings. The largest absolute Gasteiger partial charge is 0.319 e. The molecule has 2 heteroatoms. The van der Waals surface area contributed by atoms with Crippen LogP contribution in [-0.4, -0.2) is 6.17 Å². The Hall–Kier alpha value is -2.74.